The first-order chi connectivity index (χ1) is 11.3. The summed E-state index contributed by atoms with van der Waals surface area (Å²) in [5.41, 5.74) is 2.19. The monoisotopic (exact) mass is 309 g/mol. The fraction of sp³-hybridized carbons (Fsp3) is 0.211. The highest BCUT2D eigenvalue weighted by molar-refractivity contribution is 5.81. The topological polar surface area (TPSA) is 40.5 Å². The van der Waals surface area contributed by atoms with Crippen LogP contribution in [0.5, 0.6) is 5.75 Å². The molecule has 0 bridgehead atoms. The number of fused-ring (bicyclic) bond motifs is 1. The third-order valence-electron chi connectivity index (χ3n) is 3.78. The SMILES string of the molecule is COC(=O)CCn1ccc2ccc(OCc3ccccc3)cc21. The van der Waals surface area contributed by atoms with E-state index in [4.69, 9.17) is 9.47 Å². The molecule has 0 fully saturated rings. The van der Waals surface area contributed by atoms with Gasteiger partial charge in [-0.05, 0) is 29.1 Å². The number of hydrogen-bond donors (Lipinski definition) is 0. The summed E-state index contributed by atoms with van der Waals surface area (Å²) in [5, 5.41) is 1.13. The molecule has 4 nitrogen and oxygen atoms in total. The smallest absolute Gasteiger partial charge is 0.307 e. The summed E-state index contributed by atoms with van der Waals surface area (Å²) < 4.78 is 12.6. The molecule has 1 heterocycles. The molecule has 0 spiro atoms. The number of carbonyl (C=O) groups is 1. The van der Waals surface area contributed by atoms with Crippen LogP contribution in [0.25, 0.3) is 10.9 Å². The molecule has 0 aliphatic rings. The Labute approximate surface area is 135 Å². The molecule has 0 radical (unpaired) electrons. The summed E-state index contributed by atoms with van der Waals surface area (Å²) in [4.78, 5) is 11.3. The Kier molecular flexibility index (Phi) is 4.62. The maximum absolute atomic E-state index is 11.3. The number of rotatable bonds is 6. The van der Waals surface area contributed by atoms with Crippen LogP contribution in [0.1, 0.15) is 12.0 Å². The summed E-state index contributed by atoms with van der Waals surface area (Å²) >= 11 is 0. The predicted molar refractivity (Wildman–Crippen MR) is 89.3 cm³/mol. The first-order valence-electron chi connectivity index (χ1n) is 7.59. The zero-order chi connectivity index (χ0) is 16.1. The molecule has 0 aliphatic heterocycles. The Morgan fingerprint density at radius 3 is 2.70 bits per heavy atom. The maximum atomic E-state index is 11.3. The average Bonchev–Trinajstić information content (AvgIpc) is 3.01. The number of aryl methyl sites for hydroxylation is 1. The molecular formula is C19H19NO3. The second-order valence-electron chi connectivity index (χ2n) is 5.33. The largest absolute Gasteiger partial charge is 0.489 e. The second kappa shape index (κ2) is 7.01. The van der Waals surface area contributed by atoms with Crippen LogP contribution >= 0.6 is 0 Å². The zero-order valence-corrected chi connectivity index (χ0v) is 13.1. The van der Waals surface area contributed by atoms with Crippen LogP contribution in [0, 0.1) is 0 Å². The quantitative estimate of drug-likeness (QED) is 0.651. The predicted octanol–water partition coefficient (Wildman–Crippen LogP) is 3.78. The van der Waals surface area contributed by atoms with Crippen LogP contribution < -0.4 is 4.74 Å². The molecule has 1 aromatic heterocycles. The van der Waals surface area contributed by atoms with E-state index in [-0.39, 0.29) is 5.97 Å². The van der Waals surface area contributed by atoms with Crippen molar-refractivity contribution < 1.29 is 14.3 Å². The van der Waals surface area contributed by atoms with Gasteiger partial charge >= 0.3 is 5.97 Å². The summed E-state index contributed by atoms with van der Waals surface area (Å²) in [6, 6.07) is 18.1. The molecule has 0 saturated carbocycles. The van der Waals surface area contributed by atoms with Crippen LogP contribution in [0.2, 0.25) is 0 Å². The highest BCUT2D eigenvalue weighted by Gasteiger charge is 2.06. The summed E-state index contributed by atoms with van der Waals surface area (Å²) in [7, 11) is 1.41. The molecular weight excluding hydrogens is 290 g/mol. The van der Waals surface area contributed by atoms with Crippen LogP contribution in [0.3, 0.4) is 0 Å². The van der Waals surface area contributed by atoms with Gasteiger partial charge in [0.2, 0.25) is 0 Å². The first kappa shape index (κ1) is 15.2. The lowest BCUT2D eigenvalue weighted by molar-refractivity contribution is -0.140. The molecule has 23 heavy (non-hydrogen) atoms. The maximum Gasteiger partial charge on any atom is 0.307 e. The molecule has 4 heteroatoms. The van der Waals surface area contributed by atoms with Crippen molar-refractivity contribution in [3.8, 4) is 5.75 Å². The molecule has 0 unspecified atom stereocenters. The molecule has 0 atom stereocenters. The van der Waals surface area contributed by atoms with E-state index in [0.29, 0.717) is 19.6 Å². The van der Waals surface area contributed by atoms with Crippen LogP contribution in [-0.4, -0.2) is 17.6 Å². The van der Waals surface area contributed by atoms with E-state index >= 15 is 0 Å². The van der Waals surface area contributed by atoms with Crippen LogP contribution in [0.15, 0.2) is 60.8 Å². The molecule has 118 valence electrons. The van der Waals surface area contributed by atoms with Crippen molar-refractivity contribution in [3.05, 3.63) is 66.4 Å². The van der Waals surface area contributed by atoms with Gasteiger partial charge in [-0.25, -0.2) is 0 Å². The van der Waals surface area contributed by atoms with Gasteiger partial charge in [-0.1, -0.05) is 30.3 Å². The summed E-state index contributed by atoms with van der Waals surface area (Å²) in [5.74, 6) is 0.614. The molecule has 0 N–H and O–H groups in total. The molecule has 3 rings (SSSR count). The number of benzene rings is 2. The van der Waals surface area contributed by atoms with E-state index in [1.807, 2.05) is 65.4 Å². The Morgan fingerprint density at radius 1 is 1.09 bits per heavy atom. The Morgan fingerprint density at radius 2 is 1.91 bits per heavy atom. The number of esters is 1. The molecule has 0 amide bonds. The standard InChI is InChI=1S/C19H19NO3/c1-22-19(21)10-12-20-11-9-16-7-8-17(13-18(16)20)23-14-15-5-3-2-4-6-15/h2-9,11,13H,10,12,14H2,1H3. The molecule has 2 aromatic carbocycles. The number of aromatic nitrogens is 1. The van der Waals surface area contributed by atoms with Crippen molar-refractivity contribution >= 4 is 16.9 Å². The minimum Gasteiger partial charge on any atom is -0.489 e. The van der Waals surface area contributed by atoms with E-state index < -0.39 is 0 Å². The van der Waals surface area contributed by atoms with Gasteiger partial charge in [-0.2, -0.15) is 0 Å². The van der Waals surface area contributed by atoms with E-state index in [9.17, 15) is 4.79 Å². The minimum absolute atomic E-state index is 0.205. The third kappa shape index (κ3) is 3.72. The number of hydrogen-bond acceptors (Lipinski definition) is 3. The average molecular weight is 309 g/mol. The number of nitrogens with zero attached hydrogens (tertiary/aromatic N) is 1. The Balaban J connectivity index is 1.73. The fourth-order valence-electron chi connectivity index (χ4n) is 2.50. The number of methoxy groups -OCH3 is 1. The van der Waals surface area contributed by atoms with Gasteiger partial charge in [0.15, 0.2) is 0 Å². The van der Waals surface area contributed by atoms with Crippen molar-refractivity contribution in [1.29, 1.82) is 0 Å². The van der Waals surface area contributed by atoms with Gasteiger partial charge in [0.05, 0.1) is 19.0 Å². The normalized spacial score (nSPS) is 10.7. The van der Waals surface area contributed by atoms with Crippen LogP contribution in [-0.2, 0) is 22.7 Å². The van der Waals surface area contributed by atoms with Crippen molar-refractivity contribution in [2.45, 2.75) is 19.6 Å². The van der Waals surface area contributed by atoms with Gasteiger partial charge in [0.1, 0.15) is 12.4 Å². The van der Waals surface area contributed by atoms with Crippen molar-refractivity contribution in [3.63, 3.8) is 0 Å². The zero-order valence-electron chi connectivity index (χ0n) is 13.1. The lowest BCUT2D eigenvalue weighted by Crippen LogP contribution is -2.06. The van der Waals surface area contributed by atoms with Crippen molar-refractivity contribution in [1.82, 2.24) is 4.57 Å². The Hall–Kier alpha value is -2.75. The van der Waals surface area contributed by atoms with Gasteiger partial charge < -0.3 is 14.0 Å². The molecule has 0 saturated heterocycles. The lowest BCUT2D eigenvalue weighted by Gasteiger charge is -2.08. The van der Waals surface area contributed by atoms with Crippen molar-refractivity contribution in [2.24, 2.45) is 0 Å². The Bertz CT molecular complexity index is 793. The van der Waals surface area contributed by atoms with E-state index in [1.165, 1.54) is 7.11 Å². The summed E-state index contributed by atoms with van der Waals surface area (Å²) in [6.45, 7) is 1.13. The summed E-state index contributed by atoms with van der Waals surface area (Å²) in [6.07, 6.45) is 2.34. The molecule has 0 aliphatic carbocycles. The highest BCUT2D eigenvalue weighted by atomic mass is 16.5. The van der Waals surface area contributed by atoms with Gasteiger partial charge in [-0.15, -0.1) is 0 Å². The minimum atomic E-state index is -0.205. The highest BCUT2D eigenvalue weighted by Crippen LogP contribution is 2.23. The molecule has 3 aromatic rings. The van der Waals surface area contributed by atoms with Crippen molar-refractivity contribution in [2.75, 3.05) is 7.11 Å². The third-order valence-corrected chi connectivity index (χ3v) is 3.78. The van der Waals surface area contributed by atoms with E-state index in [2.05, 4.69) is 0 Å². The van der Waals surface area contributed by atoms with E-state index in [1.54, 1.807) is 0 Å². The second-order valence-corrected chi connectivity index (χ2v) is 5.33. The first-order valence-corrected chi connectivity index (χ1v) is 7.59. The number of carbonyl (C=O) groups excluding carboxylic acids is 1. The van der Waals surface area contributed by atoms with Crippen LogP contribution in [0.4, 0.5) is 0 Å². The number of ether oxygens (including phenoxy) is 2. The van der Waals surface area contributed by atoms with E-state index in [0.717, 1.165) is 22.2 Å². The fourth-order valence-corrected chi connectivity index (χ4v) is 2.50. The van der Waals surface area contributed by atoms with Gasteiger partial charge in [0.25, 0.3) is 0 Å². The van der Waals surface area contributed by atoms with Gasteiger partial charge in [0, 0.05) is 18.8 Å². The van der Waals surface area contributed by atoms with Gasteiger partial charge in [-0.3, -0.25) is 4.79 Å². The lowest BCUT2D eigenvalue weighted by atomic mass is 10.2.